The average molecular weight is 475 g/mol. The van der Waals surface area contributed by atoms with E-state index in [0.717, 1.165) is 60.9 Å². The van der Waals surface area contributed by atoms with Crippen molar-refractivity contribution >= 4 is 0 Å². The molecule has 0 spiro atoms. The van der Waals surface area contributed by atoms with Gasteiger partial charge in [-0.1, -0.05) is 54.8 Å². The first kappa shape index (κ1) is 25.4. The topological polar surface area (TPSA) is 85.2 Å². The van der Waals surface area contributed by atoms with E-state index in [0.29, 0.717) is 24.2 Å². The second kappa shape index (κ2) is 10.8. The van der Waals surface area contributed by atoms with E-state index in [4.69, 9.17) is 8.94 Å². The van der Waals surface area contributed by atoms with Gasteiger partial charge in [-0.3, -0.25) is 0 Å². The fraction of sp³-hybridized carbons (Fsp3) is 0.560. The van der Waals surface area contributed by atoms with E-state index in [1.807, 2.05) is 37.3 Å². The van der Waals surface area contributed by atoms with Crippen LogP contribution in [-0.4, -0.2) is 45.4 Å². The van der Waals surface area contributed by atoms with Crippen LogP contribution in [0.2, 0.25) is 0 Å². The number of aryl methyl sites for hydroxylation is 2. The Balaban J connectivity index is 0.00000306. The van der Waals surface area contributed by atoms with Crippen molar-refractivity contribution in [3.8, 4) is 0 Å². The lowest BCUT2D eigenvalue weighted by atomic mass is 9.73. The van der Waals surface area contributed by atoms with Crippen molar-refractivity contribution in [2.75, 3.05) is 20.6 Å². The average Bonchev–Trinajstić information content (AvgIpc) is 3.43. The van der Waals surface area contributed by atoms with E-state index < -0.39 is 5.60 Å². The van der Waals surface area contributed by atoms with Crippen LogP contribution >= 0.6 is 0 Å². The quantitative estimate of drug-likeness (QED) is 0.472. The van der Waals surface area contributed by atoms with E-state index >= 15 is 0 Å². The van der Waals surface area contributed by atoms with Gasteiger partial charge in [0.2, 0.25) is 11.8 Å². The lowest BCUT2D eigenvalue weighted by molar-refractivity contribution is -0.904. The molecule has 8 heteroatoms. The molecule has 33 heavy (non-hydrogen) atoms. The molecule has 1 saturated carbocycles. The number of aliphatic hydroxyl groups is 1. The van der Waals surface area contributed by atoms with Gasteiger partial charge < -0.3 is 30.9 Å². The summed E-state index contributed by atoms with van der Waals surface area (Å²) in [4.78, 5) is 8.87. The van der Waals surface area contributed by atoms with Gasteiger partial charge in [-0.25, -0.2) is 4.98 Å². The first-order valence-electron chi connectivity index (χ1n) is 11.7. The maximum absolute atomic E-state index is 12.0. The Morgan fingerprint density at radius 2 is 1.85 bits per heavy atom. The molecule has 1 aromatic carbocycles. The van der Waals surface area contributed by atoms with E-state index in [1.165, 1.54) is 6.42 Å². The molecule has 1 aliphatic carbocycles. The Hall–Kier alpha value is -2.22. The van der Waals surface area contributed by atoms with Crippen LogP contribution in [0.25, 0.3) is 0 Å². The SMILES string of the molecule is Cc1noc(CCC[N+](C)(C)Cc2cnc([C@](O)(c3ccccc3)C3CCCCC3)o2)n1.[Cl-]. The molecule has 1 aliphatic rings. The molecule has 180 valence electrons. The van der Waals surface area contributed by atoms with Crippen LogP contribution in [0.5, 0.6) is 0 Å². The maximum Gasteiger partial charge on any atom is 0.231 e. The van der Waals surface area contributed by atoms with Gasteiger partial charge in [0.05, 0.1) is 26.8 Å². The predicted molar refractivity (Wildman–Crippen MR) is 121 cm³/mol. The first-order chi connectivity index (χ1) is 15.4. The van der Waals surface area contributed by atoms with Crippen LogP contribution in [0.1, 0.15) is 67.5 Å². The zero-order valence-electron chi connectivity index (χ0n) is 19.8. The fourth-order valence-corrected chi connectivity index (χ4v) is 4.90. The third-order valence-electron chi connectivity index (χ3n) is 6.60. The Bertz CT molecular complexity index is 998. The molecule has 1 atom stereocenters. The van der Waals surface area contributed by atoms with Crippen molar-refractivity contribution in [3.05, 3.63) is 65.5 Å². The molecule has 0 aliphatic heterocycles. The molecule has 0 radical (unpaired) electrons. The summed E-state index contributed by atoms with van der Waals surface area (Å²) in [5, 5.41) is 15.8. The summed E-state index contributed by atoms with van der Waals surface area (Å²) >= 11 is 0. The molecular weight excluding hydrogens is 440 g/mol. The van der Waals surface area contributed by atoms with Crippen molar-refractivity contribution in [1.29, 1.82) is 0 Å². The van der Waals surface area contributed by atoms with Crippen molar-refractivity contribution in [2.24, 2.45) is 5.92 Å². The maximum atomic E-state index is 12.0. The second-order valence-electron chi connectivity index (χ2n) is 9.76. The molecule has 2 heterocycles. The highest BCUT2D eigenvalue weighted by molar-refractivity contribution is 5.30. The number of quaternary nitrogens is 1. The molecule has 0 saturated heterocycles. The highest BCUT2D eigenvalue weighted by Crippen LogP contribution is 2.43. The summed E-state index contributed by atoms with van der Waals surface area (Å²) in [6, 6.07) is 9.88. The molecule has 2 aromatic heterocycles. The van der Waals surface area contributed by atoms with Gasteiger partial charge in [-0.2, -0.15) is 4.98 Å². The Labute approximate surface area is 202 Å². The van der Waals surface area contributed by atoms with Gasteiger partial charge in [0, 0.05) is 18.8 Å². The minimum absolute atomic E-state index is 0. The number of benzene rings is 1. The van der Waals surface area contributed by atoms with Crippen molar-refractivity contribution < 1.29 is 30.9 Å². The monoisotopic (exact) mass is 474 g/mol. The summed E-state index contributed by atoms with van der Waals surface area (Å²) in [5.41, 5.74) is -0.323. The summed E-state index contributed by atoms with van der Waals surface area (Å²) < 4.78 is 12.2. The zero-order valence-corrected chi connectivity index (χ0v) is 20.6. The minimum atomic E-state index is -1.19. The number of hydrogen-bond donors (Lipinski definition) is 1. The van der Waals surface area contributed by atoms with Gasteiger partial charge in [-0.15, -0.1) is 0 Å². The van der Waals surface area contributed by atoms with Crippen LogP contribution < -0.4 is 12.4 Å². The van der Waals surface area contributed by atoms with E-state index in [2.05, 4.69) is 29.2 Å². The molecule has 0 bridgehead atoms. The lowest BCUT2D eigenvalue weighted by Gasteiger charge is -2.36. The summed E-state index contributed by atoms with van der Waals surface area (Å²) in [7, 11) is 4.34. The normalized spacial score (nSPS) is 16.8. The second-order valence-corrected chi connectivity index (χ2v) is 9.76. The Morgan fingerprint density at radius 3 is 2.52 bits per heavy atom. The molecule has 3 aromatic rings. The van der Waals surface area contributed by atoms with Crippen LogP contribution in [0, 0.1) is 12.8 Å². The van der Waals surface area contributed by atoms with Gasteiger partial charge >= 0.3 is 0 Å². The van der Waals surface area contributed by atoms with E-state index in [9.17, 15) is 5.11 Å². The number of nitrogens with zero attached hydrogens (tertiary/aromatic N) is 4. The van der Waals surface area contributed by atoms with Crippen LogP contribution in [-0.2, 0) is 18.6 Å². The number of aromatic nitrogens is 3. The van der Waals surface area contributed by atoms with Gasteiger partial charge in [-0.05, 0) is 25.3 Å². The first-order valence-corrected chi connectivity index (χ1v) is 11.7. The van der Waals surface area contributed by atoms with Crippen LogP contribution in [0.15, 0.2) is 45.5 Å². The number of halogens is 1. The predicted octanol–water partition coefficient (Wildman–Crippen LogP) is 1.40. The smallest absolute Gasteiger partial charge is 0.231 e. The van der Waals surface area contributed by atoms with Gasteiger partial charge in [0.1, 0.15) is 6.54 Å². The molecule has 4 rings (SSSR count). The lowest BCUT2D eigenvalue weighted by Crippen LogP contribution is -3.00. The summed E-state index contributed by atoms with van der Waals surface area (Å²) in [5.74, 6) is 2.69. The molecule has 1 fully saturated rings. The van der Waals surface area contributed by atoms with E-state index in [-0.39, 0.29) is 18.3 Å². The highest BCUT2D eigenvalue weighted by atomic mass is 35.5. The summed E-state index contributed by atoms with van der Waals surface area (Å²) in [6.45, 7) is 3.47. The van der Waals surface area contributed by atoms with Gasteiger partial charge in [0.25, 0.3) is 0 Å². The standard InChI is InChI=1S/C25H35N4O3.ClH/c1-19-27-23(32-28-19)15-10-16-29(2,3)18-22-17-26-24(31-22)25(30,20-11-6-4-7-12-20)21-13-8-5-9-14-21;/h4,6-7,11-12,17,21,30H,5,8-10,13-16,18H2,1-3H3;1H/q+1;/p-1/t25-;/m0./s1. The number of rotatable bonds is 9. The van der Waals surface area contributed by atoms with Crippen molar-refractivity contribution in [1.82, 2.24) is 15.1 Å². The number of hydrogen-bond acceptors (Lipinski definition) is 6. The van der Waals surface area contributed by atoms with E-state index in [1.54, 1.807) is 6.20 Å². The van der Waals surface area contributed by atoms with Gasteiger partial charge in [0.15, 0.2) is 17.2 Å². The fourth-order valence-electron chi connectivity index (χ4n) is 4.90. The number of oxazole rings is 1. The molecule has 1 N–H and O–H groups in total. The molecular formula is C25H35ClN4O3. The summed E-state index contributed by atoms with van der Waals surface area (Å²) in [6.07, 6.45) is 8.96. The minimum Gasteiger partial charge on any atom is -1.00 e. The third-order valence-corrected chi connectivity index (χ3v) is 6.60. The Morgan fingerprint density at radius 1 is 1.12 bits per heavy atom. The molecule has 0 amide bonds. The van der Waals surface area contributed by atoms with Crippen molar-refractivity contribution in [2.45, 2.75) is 64.0 Å². The zero-order chi connectivity index (χ0) is 22.6. The Kier molecular flexibility index (Phi) is 8.32. The largest absolute Gasteiger partial charge is 1.00 e. The highest BCUT2D eigenvalue weighted by Gasteiger charge is 2.44. The van der Waals surface area contributed by atoms with Crippen LogP contribution in [0.4, 0.5) is 0 Å². The molecule has 0 unspecified atom stereocenters. The van der Waals surface area contributed by atoms with Crippen LogP contribution in [0.3, 0.4) is 0 Å². The third kappa shape index (κ3) is 6.02. The molecule has 7 nitrogen and oxygen atoms in total. The van der Waals surface area contributed by atoms with Crippen molar-refractivity contribution in [3.63, 3.8) is 0 Å².